The van der Waals surface area contributed by atoms with Crippen LogP contribution >= 0.6 is 0 Å². The normalized spacial score (nSPS) is 9.64. The molecule has 0 spiro atoms. The van der Waals surface area contributed by atoms with Crippen LogP contribution in [0.15, 0.2) is 0 Å². The van der Waals surface area contributed by atoms with Crippen molar-refractivity contribution < 1.29 is 4.79 Å². The SMILES string of the molecule is CCC[CH]C(=O)NCCCN. The minimum atomic E-state index is 0.0281. The molecule has 0 aromatic rings. The third-order valence-corrected chi connectivity index (χ3v) is 1.30. The van der Waals surface area contributed by atoms with Gasteiger partial charge >= 0.3 is 0 Å². The number of unbranched alkanes of at least 4 members (excludes halogenated alkanes) is 1. The van der Waals surface area contributed by atoms with E-state index in [0.29, 0.717) is 13.1 Å². The van der Waals surface area contributed by atoms with Gasteiger partial charge in [-0.05, 0) is 19.4 Å². The number of carbonyl (C=O) groups excluding carboxylic acids is 1. The van der Waals surface area contributed by atoms with E-state index in [1.54, 1.807) is 6.42 Å². The average Bonchev–Trinajstić information content (AvgIpc) is 2.01. The fourth-order valence-corrected chi connectivity index (χ4v) is 0.661. The highest BCUT2D eigenvalue weighted by Gasteiger charge is 1.97. The molecule has 0 saturated carbocycles. The van der Waals surface area contributed by atoms with Crippen molar-refractivity contribution in [3.8, 4) is 0 Å². The first-order valence-corrected chi connectivity index (χ1v) is 4.12. The highest BCUT2D eigenvalue weighted by atomic mass is 16.1. The van der Waals surface area contributed by atoms with Crippen LogP contribution in [0.2, 0.25) is 0 Å². The van der Waals surface area contributed by atoms with Gasteiger partial charge in [-0.3, -0.25) is 4.79 Å². The Morgan fingerprint density at radius 2 is 2.36 bits per heavy atom. The molecule has 11 heavy (non-hydrogen) atoms. The zero-order valence-corrected chi connectivity index (χ0v) is 7.10. The molecule has 0 unspecified atom stereocenters. The van der Waals surface area contributed by atoms with E-state index >= 15 is 0 Å². The standard InChI is InChI=1S/C8H17N2O/c1-2-3-5-8(11)10-7-4-6-9/h5H,2-4,6-7,9H2,1H3,(H,10,11). The zero-order chi connectivity index (χ0) is 8.53. The first kappa shape index (κ1) is 10.4. The molecule has 3 heteroatoms. The van der Waals surface area contributed by atoms with Gasteiger partial charge in [0.1, 0.15) is 0 Å². The number of carbonyl (C=O) groups is 1. The predicted octanol–water partition coefficient (Wildman–Crippen LogP) is 0.456. The van der Waals surface area contributed by atoms with E-state index in [1.165, 1.54) is 0 Å². The van der Waals surface area contributed by atoms with Gasteiger partial charge in [-0.1, -0.05) is 13.3 Å². The lowest BCUT2D eigenvalue weighted by Crippen LogP contribution is -2.25. The van der Waals surface area contributed by atoms with E-state index in [1.807, 2.05) is 6.92 Å². The second kappa shape index (κ2) is 7.54. The number of nitrogens with one attached hydrogen (secondary N) is 1. The summed E-state index contributed by atoms with van der Waals surface area (Å²) in [4.78, 5) is 10.9. The molecule has 0 heterocycles. The van der Waals surface area contributed by atoms with Gasteiger partial charge in [0.15, 0.2) is 0 Å². The third kappa shape index (κ3) is 7.33. The number of hydrogen-bond donors (Lipinski definition) is 2. The lowest BCUT2D eigenvalue weighted by molar-refractivity contribution is -0.118. The van der Waals surface area contributed by atoms with Crippen LogP contribution in [0.5, 0.6) is 0 Å². The van der Waals surface area contributed by atoms with E-state index in [-0.39, 0.29) is 5.91 Å². The molecule has 0 fully saturated rings. The van der Waals surface area contributed by atoms with Gasteiger partial charge in [-0.2, -0.15) is 0 Å². The summed E-state index contributed by atoms with van der Waals surface area (Å²) >= 11 is 0. The summed E-state index contributed by atoms with van der Waals surface area (Å²) in [5.74, 6) is 0.0281. The van der Waals surface area contributed by atoms with Gasteiger partial charge in [0.05, 0.1) is 0 Å². The van der Waals surface area contributed by atoms with Crippen molar-refractivity contribution in [2.45, 2.75) is 26.2 Å². The van der Waals surface area contributed by atoms with Crippen molar-refractivity contribution in [1.82, 2.24) is 5.32 Å². The third-order valence-electron chi connectivity index (χ3n) is 1.30. The molecule has 0 aromatic heterocycles. The van der Waals surface area contributed by atoms with E-state index in [0.717, 1.165) is 19.3 Å². The summed E-state index contributed by atoms with van der Waals surface area (Å²) in [5.41, 5.74) is 5.25. The highest BCUT2D eigenvalue weighted by Crippen LogP contribution is 1.90. The van der Waals surface area contributed by atoms with Gasteiger partial charge in [-0.15, -0.1) is 0 Å². The molecular formula is C8H17N2O. The van der Waals surface area contributed by atoms with Crippen molar-refractivity contribution in [2.75, 3.05) is 13.1 Å². The second-order valence-electron chi connectivity index (χ2n) is 2.43. The minimum Gasteiger partial charge on any atom is -0.356 e. The van der Waals surface area contributed by atoms with E-state index < -0.39 is 0 Å². The van der Waals surface area contributed by atoms with Crippen LogP contribution in [0.1, 0.15) is 26.2 Å². The Bertz CT molecular complexity index is 104. The highest BCUT2D eigenvalue weighted by molar-refractivity contribution is 5.84. The lowest BCUT2D eigenvalue weighted by atomic mass is 10.2. The summed E-state index contributed by atoms with van der Waals surface area (Å²) in [6.45, 7) is 3.37. The number of hydrogen-bond acceptors (Lipinski definition) is 2. The van der Waals surface area contributed by atoms with Crippen LogP contribution in [-0.2, 0) is 4.79 Å². The first-order chi connectivity index (χ1) is 5.31. The second-order valence-corrected chi connectivity index (χ2v) is 2.43. The van der Waals surface area contributed by atoms with Crippen LogP contribution in [0.3, 0.4) is 0 Å². The molecule has 3 nitrogen and oxygen atoms in total. The fraction of sp³-hybridized carbons (Fsp3) is 0.750. The maximum Gasteiger partial charge on any atom is 0.223 e. The quantitative estimate of drug-likeness (QED) is 0.550. The molecule has 0 rings (SSSR count). The van der Waals surface area contributed by atoms with Crippen molar-refractivity contribution in [2.24, 2.45) is 5.73 Å². The van der Waals surface area contributed by atoms with Crippen molar-refractivity contribution in [1.29, 1.82) is 0 Å². The molecule has 65 valence electrons. The predicted molar refractivity (Wildman–Crippen MR) is 45.9 cm³/mol. The minimum absolute atomic E-state index is 0.0281. The molecule has 0 aliphatic rings. The number of amides is 1. The summed E-state index contributed by atoms with van der Waals surface area (Å²) < 4.78 is 0. The smallest absolute Gasteiger partial charge is 0.223 e. The average molecular weight is 157 g/mol. The van der Waals surface area contributed by atoms with Gasteiger partial charge in [0.2, 0.25) is 5.91 Å². The Morgan fingerprint density at radius 3 is 2.91 bits per heavy atom. The van der Waals surface area contributed by atoms with Crippen LogP contribution in [0.4, 0.5) is 0 Å². The van der Waals surface area contributed by atoms with E-state index in [2.05, 4.69) is 5.32 Å². The molecule has 1 radical (unpaired) electrons. The summed E-state index contributed by atoms with van der Waals surface area (Å²) in [6.07, 6.45) is 4.40. The monoisotopic (exact) mass is 157 g/mol. The van der Waals surface area contributed by atoms with Crippen molar-refractivity contribution in [3.63, 3.8) is 0 Å². The van der Waals surface area contributed by atoms with Crippen LogP contribution in [0.25, 0.3) is 0 Å². The largest absolute Gasteiger partial charge is 0.356 e. The van der Waals surface area contributed by atoms with Crippen molar-refractivity contribution >= 4 is 5.91 Å². The molecule has 3 N–H and O–H groups in total. The van der Waals surface area contributed by atoms with Crippen LogP contribution in [0, 0.1) is 6.42 Å². The first-order valence-electron chi connectivity index (χ1n) is 4.12. The summed E-state index contributed by atoms with van der Waals surface area (Å²) in [5, 5.41) is 2.74. The Balaban J connectivity index is 3.09. The Hall–Kier alpha value is -0.570. The topological polar surface area (TPSA) is 55.1 Å². The summed E-state index contributed by atoms with van der Waals surface area (Å²) in [6, 6.07) is 0. The molecule has 0 atom stereocenters. The van der Waals surface area contributed by atoms with Gasteiger partial charge in [-0.25, -0.2) is 0 Å². The Morgan fingerprint density at radius 1 is 1.64 bits per heavy atom. The van der Waals surface area contributed by atoms with E-state index in [9.17, 15) is 4.79 Å². The Kier molecular flexibility index (Phi) is 7.15. The molecule has 0 aromatic carbocycles. The summed E-state index contributed by atoms with van der Waals surface area (Å²) in [7, 11) is 0. The number of nitrogens with two attached hydrogens (primary N) is 1. The van der Waals surface area contributed by atoms with Gasteiger partial charge in [0, 0.05) is 13.0 Å². The maximum atomic E-state index is 10.9. The zero-order valence-electron chi connectivity index (χ0n) is 7.10. The fourth-order valence-electron chi connectivity index (χ4n) is 0.661. The molecule has 0 saturated heterocycles. The Labute approximate surface area is 68.3 Å². The van der Waals surface area contributed by atoms with Crippen LogP contribution < -0.4 is 11.1 Å². The number of rotatable bonds is 6. The van der Waals surface area contributed by atoms with Gasteiger partial charge in [0.25, 0.3) is 0 Å². The molecule has 0 bridgehead atoms. The maximum absolute atomic E-state index is 10.9. The molecular weight excluding hydrogens is 140 g/mol. The van der Waals surface area contributed by atoms with E-state index in [4.69, 9.17) is 5.73 Å². The van der Waals surface area contributed by atoms with Crippen LogP contribution in [-0.4, -0.2) is 19.0 Å². The van der Waals surface area contributed by atoms with Gasteiger partial charge < -0.3 is 11.1 Å². The molecule has 0 aliphatic carbocycles. The lowest BCUT2D eigenvalue weighted by Gasteiger charge is -2.01. The molecule has 1 amide bonds. The molecule has 0 aliphatic heterocycles. The van der Waals surface area contributed by atoms with Crippen molar-refractivity contribution in [3.05, 3.63) is 6.42 Å².